The SMILES string of the molecule is c1cc2c(cc1C[C@H]1CCCN1)OCO2. The Bertz CT molecular complexity index is 359. The van der Waals surface area contributed by atoms with Crippen LogP contribution in [0.1, 0.15) is 18.4 Å². The Labute approximate surface area is 89.4 Å². The minimum absolute atomic E-state index is 0.362. The van der Waals surface area contributed by atoms with Crippen LogP contribution >= 0.6 is 0 Å². The second-order valence-corrected chi connectivity index (χ2v) is 4.19. The van der Waals surface area contributed by atoms with E-state index in [-0.39, 0.29) is 0 Å². The molecule has 0 aromatic heterocycles. The first kappa shape index (κ1) is 9.04. The molecule has 15 heavy (non-hydrogen) atoms. The maximum absolute atomic E-state index is 5.36. The number of rotatable bonds is 2. The zero-order valence-electron chi connectivity index (χ0n) is 8.66. The van der Waals surface area contributed by atoms with Crippen LogP contribution in [-0.2, 0) is 6.42 Å². The summed E-state index contributed by atoms with van der Waals surface area (Å²) in [6, 6.07) is 6.88. The van der Waals surface area contributed by atoms with Crippen molar-refractivity contribution in [3.05, 3.63) is 23.8 Å². The first-order valence-electron chi connectivity index (χ1n) is 5.54. The second kappa shape index (κ2) is 3.74. The van der Waals surface area contributed by atoms with Crippen LogP contribution in [0.2, 0.25) is 0 Å². The second-order valence-electron chi connectivity index (χ2n) is 4.19. The largest absolute Gasteiger partial charge is 0.454 e. The Morgan fingerprint density at radius 1 is 1.27 bits per heavy atom. The van der Waals surface area contributed by atoms with E-state index in [1.54, 1.807) is 0 Å². The fourth-order valence-corrected chi connectivity index (χ4v) is 2.28. The molecule has 1 N–H and O–H groups in total. The van der Waals surface area contributed by atoms with E-state index < -0.39 is 0 Å². The van der Waals surface area contributed by atoms with Gasteiger partial charge in [0.05, 0.1) is 0 Å². The molecule has 1 aromatic carbocycles. The molecule has 80 valence electrons. The van der Waals surface area contributed by atoms with Crippen LogP contribution in [0.15, 0.2) is 18.2 Å². The van der Waals surface area contributed by atoms with Gasteiger partial charge < -0.3 is 14.8 Å². The van der Waals surface area contributed by atoms with Gasteiger partial charge in [-0.3, -0.25) is 0 Å². The van der Waals surface area contributed by atoms with Gasteiger partial charge >= 0.3 is 0 Å². The van der Waals surface area contributed by atoms with Gasteiger partial charge in [0.1, 0.15) is 0 Å². The number of nitrogens with one attached hydrogen (secondary N) is 1. The third-order valence-electron chi connectivity index (χ3n) is 3.08. The number of hydrogen-bond acceptors (Lipinski definition) is 3. The highest BCUT2D eigenvalue weighted by Crippen LogP contribution is 2.33. The lowest BCUT2D eigenvalue weighted by Crippen LogP contribution is -2.23. The molecule has 0 aliphatic carbocycles. The van der Waals surface area contributed by atoms with E-state index in [4.69, 9.17) is 9.47 Å². The van der Waals surface area contributed by atoms with Crippen molar-refractivity contribution in [1.29, 1.82) is 0 Å². The van der Waals surface area contributed by atoms with Gasteiger partial charge in [0.2, 0.25) is 6.79 Å². The van der Waals surface area contributed by atoms with E-state index in [0.29, 0.717) is 12.8 Å². The Morgan fingerprint density at radius 2 is 2.20 bits per heavy atom. The molecule has 2 heterocycles. The minimum Gasteiger partial charge on any atom is -0.454 e. The summed E-state index contributed by atoms with van der Waals surface area (Å²) in [6.45, 7) is 1.52. The van der Waals surface area contributed by atoms with Crippen molar-refractivity contribution < 1.29 is 9.47 Å². The van der Waals surface area contributed by atoms with Crippen molar-refractivity contribution in [2.45, 2.75) is 25.3 Å². The lowest BCUT2D eigenvalue weighted by Gasteiger charge is -2.10. The van der Waals surface area contributed by atoms with E-state index in [1.807, 2.05) is 6.07 Å². The van der Waals surface area contributed by atoms with Crippen LogP contribution < -0.4 is 14.8 Å². The Hall–Kier alpha value is -1.22. The molecule has 1 fully saturated rings. The summed E-state index contributed by atoms with van der Waals surface area (Å²) in [5, 5.41) is 3.50. The predicted octanol–water partition coefficient (Wildman–Crippen LogP) is 1.71. The smallest absolute Gasteiger partial charge is 0.231 e. The van der Waals surface area contributed by atoms with Gasteiger partial charge in [0.25, 0.3) is 0 Å². The fourth-order valence-electron chi connectivity index (χ4n) is 2.28. The standard InChI is InChI=1S/C12H15NO2/c1-2-10(13-5-1)6-9-3-4-11-12(7-9)15-8-14-11/h3-4,7,10,13H,1-2,5-6,8H2/t10-/m1/s1. The molecule has 3 rings (SSSR count). The van der Waals surface area contributed by atoms with Gasteiger partial charge in [-0.2, -0.15) is 0 Å². The zero-order chi connectivity index (χ0) is 10.1. The Kier molecular flexibility index (Phi) is 2.25. The molecule has 2 aliphatic rings. The van der Waals surface area contributed by atoms with E-state index in [1.165, 1.54) is 18.4 Å². The predicted molar refractivity (Wildman–Crippen MR) is 57.3 cm³/mol. The average molecular weight is 205 g/mol. The van der Waals surface area contributed by atoms with Gasteiger partial charge in [0.15, 0.2) is 11.5 Å². The summed E-state index contributed by atoms with van der Waals surface area (Å²) in [5.74, 6) is 1.77. The molecular weight excluding hydrogens is 190 g/mol. The zero-order valence-corrected chi connectivity index (χ0v) is 8.66. The minimum atomic E-state index is 0.362. The first-order chi connectivity index (χ1) is 7.42. The van der Waals surface area contributed by atoms with E-state index in [0.717, 1.165) is 24.5 Å². The van der Waals surface area contributed by atoms with Crippen molar-refractivity contribution in [2.24, 2.45) is 0 Å². The number of ether oxygens (including phenoxy) is 2. The van der Waals surface area contributed by atoms with Crippen LogP contribution in [0.25, 0.3) is 0 Å². The molecule has 0 unspecified atom stereocenters. The quantitative estimate of drug-likeness (QED) is 0.797. The molecular formula is C12H15NO2. The highest BCUT2D eigenvalue weighted by atomic mass is 16.7. The lowest BCUT2D eigenvalue weighted by atomic mass is 10.0. The van der Waals surface area contributed by atoms with Gasteiger partial charge in [0, 0.05) is 6.04 Å². The molecule has 0 spiro atoms. The van der Waals surface area contributed by atoms with Crippen LogP contribution in [0, 0.1) is 0 Å². The Balaban J connectivity index is 1.75. The van der Waals surface area contributed by atoms with E-state index in [9.17, 15) is 0 Å². The summed E-state index contributed by atoms with van der Waals surface area (Å²) in [7, 11) is 0. The summed E-state index contributed by atoms with van der Waals surface area (Å²) in [4.78, 5) is 0. The first-order valence-corrected chi connectivity index (χ1v) is 5.54. The molecule has 0 saturated carbocycles. The maximum Gasteiger partial charge on any atom is 0.231 e. The van der Waals surface area contributed by atoms with Gasteiger partial charge in [-0.05, 0) is 43.5 Å². The van der Waals surface area contributed by atoms with Crippen LogP contribution in [-0.4, -0.2) is 19.4 Å². The molecule has 1 aromatic rings. The van der Waals surface area contributed by atoms with Crippen molar-refractivity contribution in [3.63, 3.8) is 0 Å². The number of benzene rings is 1. The molecule has 1 atom stereocenters. The summed E-state index contributed by atoms with van der Waals surface area (Å²) in [5.41, 5.74) is 1.33. The van der Waals surface area contributed by atoms with Crippen molar-refractivity contribution in [1.82, 2.24) is 5.32 Å². The van der Waals surface area contributed by atoms with Crippen molar-refractivity contribution >= 4 is 0 Å². The summed E-state index contributed by atoms with van der Waals surface area (Å²) >= 11 is 0. The molecule has 0 bridgehead atoms. The normalized spacial score (nSPS) is 23.3. The Morgan fingerprint density at radius 3 is 3.07 bits per heavy atom. The molecule has 3 nitrogen and oxygen atoms in total. The monoisotopic (exact) mass is 205 g/mol. The average Bonchev–Trinajstić information content (AvgIpc) is 2.87. The highest BCUT2D eigenvalue weighted by Gasteiger charge is 2.17. The lowest BCUT2D eigenvalue weighted by molar-refractivity contribution is 0.174. The molecule has 1 saturated heterocycles. The van der Waals surface area contributed by atoms with Crippen LogP contribution in [0.3, 0.4) is 0 Å². The topological polar surface area (TPSA) is 30.5 Å². The molecule has 0 radical (unpaired) electrons. The van der Waals surface area contributed by atoms with E-state index in [2.05, 4.69) is 17.4 Å². The fraction of sp³-hybridized carbons (Fsp3) is 0.500. The molecule has 3 heteroatoms. The third-order valence-corrected chi connectivity index (χ3v) is 3.08. The maximum atomic E-state index is 5.36. The van der Waals surface area contributed by atoms with Crippen LogP contribution in [0.5, 0.6) is 11.5 Å². The molecule has 2 aliphatic heterocycles. The molecule has 0 amide bonds. The van der Waals surface area contributed by atoms with Crippen LogP contribution in [0.4, 0.5) is 0 Å². The summed E-state index contributed by atoms with van der Waals surface area (Å²) in [6.07, 6.45) is 3.68. The van der Waals surface area contributed by atoms with Crippen molar-refractivity contribution in [3.8, 4) is 11.5 Å². The van der Waals surface area contributed by atoms with Gasteiger partial charge in [-0.1, -0.05) is 6.07 Å². The van der Waals surface area contributed by atoms with Gasteiger partial charge in [-0.25, -0.2) is 0 Å². The highest BCUT2D eigenvalue weighted by molar-refractivity contribution is 5.44. The van der Waals surface area contributed by atoms with Crippen molar-refractivity contribution in [2.75, 3.05) is 13.3 Å². The number of hydrogen-bond donors (Lipinski definition) is 1. The number of fused-ring (bicyclic) bond motifs is 1. The third kappa shape index (κ3) is 1.79. The summed E-state index contributed by atoms with van der Waals surface area (Å²) < 4.78 is 10.6. The van der Waals surface area contributed by atoms with E-state index >= 15 is 0 Å². The van der Waals surface area contributed by atoms with Gasteiger partial charge in [-0.15, -0.1) is 0 Å².